The number of hydrogen-bond donors (Lipinski definition) is 1. The van der Waals surface area contributed by atoms with Gasteiger partial charge >= 0.3 is 0 Å². The minimum absolute atomic E-state index is 0.276. The topological polar surface area (TPSA) is 97.7 Å². The molecule has 2 N–H and O–H groups in total. The summed E-state index contributed by atoms with van der Waals surface area (Å²) in [5.74, 6) is 2.17. The number of nitrogens with zero attached hydrogens (tertiary/aromatic N) is 4. The number of rotatable bonds is 5. The number of nitriles is 1. The lowest BCUT2D eigenvalue weighted by molar-refractivity contribution is 0.414. The van der Waals surface area contributed by atoms with E-state index in [1.165, 1.54) is 0 Å². The van der Waals surface area contributed by atoms with Crippen molar-refractivity contribution in [1.29, 1.82) is 5.26 Å². The molecule has 1 aliphatic carbocycles. The van der Waals surface area contributed by atoms with Crippen LogP contribution in [0.4, 0.5) is 5.82 Å². The van der Waals surface area contributed by atoms with Crippen LogP contribution in [0.5, 0.6) is 5.75 Å². The van der Waals surface area contributed by atoms with Crippen LogP contribution in [0.1, 0.15) is 47.0 Å². The Morgan fingerprint density at radius 2 is 1.86 bits per heavy atom. The smallest absolute Gasteiger partial charge is 0.142 e. The van der Waals surface area contributed by atoms with Crippen LogP contribution in [0.2, 0.25) is 0 Å². The highest BCUT2D eigenvalue weighted by atomic mass is 16.5. The lowest BCUT2D eigenvalue weighted by Crippen LogP contribution is -2.08. The summed E-state index contributed by atoms with van der Waals surface area (Å²) in [5, 5.41) is 9.79. The number of ether oxygens (including phenoxy) is 1. The summed E-state index contributed by atoms with van der Waals surface area (Å²) in [6.07, 6.45) is 6.36. The van der Waals surface area contributed by atoms with Gasteiger partial charge in [-0.05, 0) is 49.4 Å². The SMILES string of the molecule is COc1ccc(Cc2c(C3CC3)nc(N)c(C#N)c2-c2cnc(C)nc2)cc1. The minimum Gasteiger partial charge on any atom is -0.497 e. The monoisotopic (exact) mass is 371 g/mol. The average Bonchev–Trinajstić information content (AvgIpc) is 3.55. The standard InChI is InChI=1S/C22H21N5O/c1-13-25-11-16(12-26-13)20-18(9-14-3-7-17(28-2)8-4-14)21(15-5-6-15)27-22(24)19(20)10-23/h3-4,7-8,11-12,15H,5-6,9H2,1-2H3,(H2,24,27). The van der Waals surface area contributed by atoms with Crippen LogP contribution in [-0.4, -0.2) is 22.1 Å². The Bertz CT molecular complexity index is 1050. The van der Waals surface area contributed by atoms with Crippen molar-refractivity contribution in [3.63, 3.8) is 0 Å². The average molecular weight is 371 g/mol. The zero-order valence-electron chi connectivity index (χ0n) is 15.9. The highest BCUT2D eigenvalue weighted by molar-refractivity contribution is 5.79. The van der Waals surface area contributed by atoms with Crippen LogP contribution in [-0.2, 0) is 6.42 Å². The Labute approximate surface area is 164 Å². The molecule has 2 heterocycles. The number of methoxy groups -OCH3 is 1. The molecule has 1 fully saturated rings. The maximum atomic E-state index is 9.79. The lowest BCUT2D eigenvalue weighted by Gasteiger charge is -2.17. The van der Waals surface area contributed by atoms with Crippen LogP contribution in [0, 0.1) is 18.3 Å². The van der Waals surface area contributed by atoms with Crippen LogP contribution in [0.25, 0.3) is 11.1 Å². The molecule has 1 aromatic carbocycles. The third kappa shape index (κ3) is 3.39. The van der Waals surface area contributed by atoms with Gasteiger partial charge in [-0.1, -0.05) is 12.1 Å². The molecule has 6 heteroatoms. The van der Waals surface area contributed by atoms with Crippen molar-refractivity contribution in [3.05, 3.63) is 64.9 Å². The second-order valence-electron chi connectivity index (χ2n) is 7.04. The molecule has 28 heavy (non-hydrogen) atoms. The third-order valence-electron chi connectivity index (χ3n) is 5.04. The Kier molecular flexibility index (Phi) is 4.66. The third-order valence-corrected chi connectivity index (χ3v) is 5.04. The van der Waals surface area contributed by atoms with E-state index in [9.17, 15) is 5.26 Å². The van der Waals surface area contributed by atoms with Crippen molar-refractivity contribution in [1.82, 2.24) is 15.0 Å². The van der Waals surface area contributed by atoms with Crippen molar-refractivity contribution in [3.8, 4) is 22.9 Å². The highest BCUT2D eigenvalue weighted by Gasteiger charge is 2.31. The first-order valence-electron chi connectivity index (χ1n) is 9.25. The van der Waals surface area contributed by atoms with Crippen LogP contribution in [0.15, 0.2) is 36.7 Å². The van der Waals surface area contributed by atoms with E-state index in [0.29, 0.717) is 23.7 Å². The first-order chi connectivity index (χ1) is 13.6. The van der Waals surface area contributed by atoms with Gasteiger partial charge in [0, 0.05) is 29.4 Å². The molecular weight excluding hydrogens is 350 g/mol. The van der Waals surface area contributed by atoms with Crippen molar-refractivity contribution in [2.24, 2.45) is 0 Å². The second-order valence-corrected chi connectivity index (χ2v) is 7.04. The number of aryl methyl sites for hydroxylation is 1. The summed E-state index contributed by atoms with van der Waals surface area (Å²) in [4.78, 5) is 13.3. The summed E-state index contributed by atoms with van der Waals surface area (Å²) >= 11 is 0. The number of benzene rings is 1. The van der Waals surface area contributed by atoms with E-state index in [0.717, 1.165) is 46.5 Å². The van der Waals surface area contributed by atoms with Crippen molar-refractivity contribution in [2.75, 3.05) is 12.8 Å². The predicted octanol–water partition coefficient (Wildman–Crippen LogP) is 3.78. The first-order valence-corrected chi connectivity index (χ1v) is 9.25. The van der Waals surface area contributed by atoms with Crippen LogP contribution >= 0.6 is 0 Å². The molecule has 1 saturated carbocycles. The highest BCUT2D eigenvalue weighted by Crippen LogP contribution is 2.45. The van der Waals surface area contributed by atoms with E-state index < -0.39 is 0 Å². The molecule has 0 amide bonds. The molecule has 140 valence electrons. The van der Waals surface area contributed by atoms with E-state index >= 15 is 0 Å². The zero-order valence-corrected chi connectivity index (χ0v) is 15.9. The lowest BCUT2D eigenvalue weighted by atomic mass is 9.90. The Hall–Kier alpha value is -3.46. The Morgan fingerprint density at radius 1 is 1.18 bits per heavy atom. The molecule has 2 aromatic heterocycles. The molecule has 0 saturated heterocycles. The van der Waals surface area contributed by atoms with Crippen molar-refractivity contribution in [2.45, 2.75) is 32.1 Å². The largest absolute Gasteiger partial charge is 0.497 e. The fourth-order valence-electron chi connectivity index (χ4n) is 3.43. The fraction of sp³-hybridized carbons (Fsp3) is 0.273. The molecule has 0 atom stereocenters. The van der Waals surface area contributed by atoms with Gasteiger partial charge in [-0.3, -0.25) is 0 Å². The quantitative estimate of drug-likeness (QED) is 0.733. The van der Waals surface area contributed by atoms with Gasteiger partial charge in [0.1, 0.15) is 29.0 Å². The summed E-state index contributed by atoms with van der Waals surface area (Å²) < 4.78 is 5.26. The van der Waals surface area contributed by atoms with E-state index in [-0.39, 0.29) is 5.82 Å². The van der Waals surface area contributed by atoms with Gasteiger partial charge in [0.15, 0.2) is 0 Å². The van der Waals surface area contributed by atoms with Gasteiger partial charge in [0.05, 0.1) is 12.8 Å². The Balaban J connectivity index is 1.90. The van der Waals surface area contributed by atoms with Gasteiger partial charge in [0.2, 0.25) is 0 Å². The van der Waals surface area contributed by atoms with Gasteiger partial charge in [-0.2, -0.15) is 5.26 Å². The van der Waals surface area contributed by atoms with Crippen LogP contribution in [0.3, 0.4) is 0 Å². The van der Waals surface area contributed by atoms with Gasteiger partial charge < -0.3 is 10.5 Å². The zero-order chi connectivity index (χ0) is 19.7. The number of nitrogen functional groups attached to an aromatic ring is 1. The second kappa shape index (κ2) is 7.28. The fourth-order valence-corrected chi connectivity index (χ4v) is 3.43. The molecule has 0 radical (unpaired) electrons. The molecule has 3 aromatic rings. The summed E-state index contributed by atoms with van der Waals surface area (Å²) in [6.45, 7) is 1.84. The van der Waals surface area contributed by atoms with Gasteiger partial charge in [-0.15, -0.1) is 0 Å². The predicted molar refractivity (Wildman–Crippen MR) is 107 cm³/mol. The van der Waals surface area contributed by atoms with Crippen molar-refractivity contribution >= 4 is 5.82 Å². The van der Waals surface area contributed by atoms with E-state index in [4.69, 9.17) is 10.5 Å². The summed E-state index contributed by atoms with van der Waals surface area (Å²) in [5.41, 5.74) is 11.3. The Morgan fingerprint density at radius 3 is 2.43 bits per heavy atom. The number of hydrogen-bond acceptors (Lipinski definition) is 6. The maximum Gasteiger partial charge on any atom is 0.142 e. The van der Waals surface area contributed by atoms with Crippen molar-refractivity contribution < 1.29 is 4.74 Å². The number of anilines is 1. The maximum absolute atomic E-state index is 9.79. The van der Waals surface area contributed by atoms with Gasteiger partial charge in [0.25, 0.3) is 0 Å². The molecule has 1 aliphatic rings. The molecular formula is C22H21N5O. The summed E-state index contributed by atoms with van der Waals surface area (Å²) in [6, 6.07) is 10.2. The summed E-state index contributed by atoms with van der Waals surface area (Å²) in [7, 11) is 1.65. The normalized spacial score (nSPS) is 13.2. The van der Waals surface area contributed by atoms with E-state index in [1.807, 2.05) is 31.2 Å². The molecule has 0 unspecified atom stereocenters. The molecule has 0 spiro atoms. The first kappa shape index (κ1) is 17.9. The van der Waals surface area contributed by atoms with Crippen LogP contribution < -0.4 is 10.5 Å². The molecule has 4 rings (SSSR count). The molecule has 6 nitrogen and oxygen atoms in total. The van der Waals surface area contributed by atoms with E-state index in [2.05, 4.69) is 21.0 Å². The molecule has 0 aliphatic heterocycles. The van der Waals surface area contributed by atoms with E-state index in [1.54, 1.807) is 19.5 Å². The number of aromatic nitrogens is 3. The number of pyridine rings is 1. The minimum atomic E-state index is 0.276. The van der Waals surface area contributed by atoms with Gasteiger partial charge in [-0.25, -0.2) is 15.0 Å². The number of nitrogens with two attached hydrogens (primary N) is 1. The molecule has 0 bridgehead atoms.